The van der Waals surface area contributed by atoms with Crippen molar-refractivity contribution < 1.29 is 14.6 Å². The number of aliphatic hydroxyl groups excluding tert-OH is 1. The van der Waals surface area contributed by atoms with E-state index in [9.17, 15) is 4.79 Å². The lowest BCUT2D eigenvalue weighted by atomic mass is 9.69. The van der Waals surface area contributed by atoms with E-state index < -0.39 is 0 Å². The van der Waals surface area contributed by atoms with Crippen molar-refractivity contribution in [2.24, 2.45) is 11.3 Å². The van der Waals surface area contributed by atoms with E-state index >= 15 is 0 Å². The molecule has 2 rings (SSSR count). The largest absolute Gasteiger partial charge is 0.396 e. The van der Waals surface area contributed by atoms with Crippen LogP contribution in [0.5, 0.6) is 0 Å². The minimum absolute atomic E-state index is 0.0674. The average Bonchev–Trinajstić information content (AvgIpc) is 2.80. The van der Waals surface area contributed by atoms with E-state index in [4.69, 9.17) is 9.84 Å². The Morgan fingerprint density at radius 2 is 2.15 bits per heavy atom. The summed E-state index contributed by atoms with van der Waals surface area (Å²) in [7, 11) is 1.72. The third-order valence-corrected chi connectivity index (χ3v) is 4.96. The molecule has 2 aliphatic rings. The lowest BCUT2D eigenvalue weighted by molar-refractivity contribution is 0.0199. The van der Waals surface area contributed by atoms with E-state index in [0.29, 0.717) is 12.5 Å². The smallest absolute Gasteiger partial charge is 0.315 e. The van der Waals surface area contributed by atoms with Crippen molar-refractivity contribution in [3.05, 3.63) is 0 Å². The monoisotopic (exact) mass is 284 g/mol. The number of carbonyl (C=O) groups excluding carboxylic acids is 1. The molecule has 5 heteroatoms. The van der Waals surface area contributed by atoms with Crippen LogP contribution in [0.4, 0.5) is 4.79 Å². The van der Waals surface area contributed by atoms with Crippen LogP contribution in [0.3, 0.4) is 0 Å². The van der Waals surface area contributed by atoms with E-state index in [1.165, 1.54) is 6.42 Å². The Labute approximate surface area is 121 Å². The molecule has 2 aliphatic carbocycles. The molecule has 2 fully saturated rings. The fourth-order valence-electron chi connectivity index (χ4n) is 3.58. The standard InChI is InChI=1S/C15H28N2O3/c1-20-11-15(7-3-8-15)10-16-14(19)17-13-5-2-4-12(13)6-9-18/h12-13,18H,2-11H2,1H3,(H2,16,17,19)/t12-,13-/m0/s1. The number of hydrogen-bond acceptors (Lipinski definition) is 3. The summed E-state index contributed by atoms with van der Waals surface area (Å²) in [6, 6.07) is 0.157. The highest BCUT2D eigenvalue weighted by Gasteiger charge is 2.37. The molecule has 0 aliphatic heterocycles. The van der Waals surface area contributed by atoms with Gasteiger partial charge in [-0.15, -0.1) is 0 Å². The molecule has 0 unspecified atom stereocenters. The van der Waals surface area contributed by atoms with Gasteiger partial charge in [0.2, 0.25) is 0 Å². The number of methoxy groups -OCH3 is 1. The van der Waals surface area contributed by atoms with E-state index in [0.717, 1.165) is 45.1 Å². The molecule has 0 spiro atoms. The van der Waals surface area contributed by atoms with E-state index in [1.807, 2.05) is 0 Å². The number of nitrogens with one attached hydrogen (secondary N) is 2. The van der Waals surface area contributed by atoms with Crippen molar-refractivity contribution in [1.29, 1.82) is 0 Å². The minimum Gasteiger partial charge on any atom is -0.396 e. The van der Waals surface area contributed by atoms with Crippen LogP contribution in [0, 0.1) is 11.3 Å². The molecule has 3 N–H and O–H groups in total. The number of amides is 2. The van der Waals surface area contributed by atoms with Crippen LogP contribution < -0.4 is 10.6 Å². The second kappa shape index (κ2) is 7.27. The van der Waals surface area contributed by atoms with Gasteiger partial charge < -0.3 is 20.5 Å². The summed E-state index contributed by atoms with van der Waals surface area (Å²) < 4.78 is 5.26. The summed E-state index contributed by atoms with van der Waals surface area (Å²) in [6.45, 7) is 1.63. The maximum absolute atomic E-state index is 12.0. The van der Waals surface area contributed by atoms with Gasteiger partial charge in [-0.1, -0.05) is 12.8 Å². The van der Waals surface area contributed by atoms with Crippen molar-refractivity contribution in [2.75, 3.05) is 26.9 Å². The number of urea groups is 1. The third-order valence-electron chi connectivity index (χ3n) is 4.96. The molecule has 0 saturated heterocycles. The van der Waals surface area contributed by atoms with Gasteiger partial charge in [0.15, 0.2) is 0 Å². The number of ether oxygens (including phenoxy) is 1. The quantitative estimate of drug-likeness (QED) is 0.666. The predicted molar refractivity (Wildman–Crippen MR) is 77.5 cm³/mol. The Bertz CT molecular complexity index is 318. The Balaban J connectivity index is 1.72. The van der Waals surface area contributed by atoms with Gasteiger partial charge in [0.25, 0.3) is 0 Å². The molecule has 0 aromatic rings. The summed E-state index contributed by atoms with van der Waals surface area (Å²) in [4.78, 5) is 12.0. The van der Waals surface area contributed by atoms with Crippen LogP contribution in [-0.2, 0) is 4.74 Å². The zero-order chi connectivity index (χ0) is 14.4. The van der Waals surface area contributed by atoms with Gasteiger partial charge in [-0.3, -0.25) is 0 Å². The Hall–Kier alpha value is -0.810. The summed E-state index contributed by atoms with van der Waals surface area (Å²) in [5, 5.41) is 15.1. The number of rotatable bonds is 7. The van der Waals surface area contributed by atoms with Crippen LogP contribution in [0.2, 0.25) is 0 Å². The van der Waals surface area contributed by atoms with Crippen molar-refractivity contribution >= 4 is 6.03 Å². The van der Waals surface area contributed by atoms with E-state index in [2.05, 4.69) is 10.6 Å². The van der Waals surface area contributed by atoms with Crippen LogP contribution in [0.15, 0.2) is 0 Å². The van der Waals surface area contributed by atoms with Gasteiger partial charge in [0.1, 0.15) is 0 Å². The number of aliphatic hydroxyl groups is 1. The summed E-state index contributed by atoms with van der Waals surface area (Å²) >= 11 is 0. The first-order valence-corrected chi connectivity index (χ1v) is 7.83. The second-order valence-corrected chi connectivity index (χ2v) is 6.42. The summed E-state index contributed by atoms with van der Waals surface area (Å²) in [5.74, 6) is 0.433. The average molecular weight is 284 g/mol. The molecular weight excluding hydrogens is 256 g/mol. The number of hydrogen-bond donors (Lipinski definition) is 3. The maximum Gasteiger partial charge on any atom is 0.315 e. The normalized spacial score (nSPS) is 27.9. The third kappa shape index (κ3) is 3.85. The molecular formula is C15H28N2O3. The highest BCUT2D eigenvalue weighted by molar-refractivity contribution is 5.74. The first-order chi connectivity index (χ1) is 9.69. The molecule has 2 amide bonds. The molecule has 0 heterocycles. The molecule has 2 atom stereocenters. The minimum atomic E-state index is -0.0674. The molecule has 0 radical (unpaired) electrons. The molecule has 116 valence electrons. The van der Waals surface area contributed by atoms with Crippen LogP contribution >= 0.6 is 0 Å². The van der Waals surface area contributed by atoms with Crippen molar-refractivity contribution in [2.45, 2.75) is 51.0 Å². The van der Waals surface area contributed by atoms with Crippen molar-refractivity contribution in [3.63, 3.8) is 0 Å². The predicted octanol–water partition coefficient (Wildman–Crippen LogP) is 1.65. The zero-order valence-corrected chi connectivity index (χ0v) is 12.5. The second-order valence-electron chi connectivity index (χ2n) is 6.42. The highest BCUT2D eigenvalue weighted by Crippen LogP contribution is 2.40. The number of carbonyl (C=O) groups is 1. The summed E-state index contributed by atoms with van der Waals surface area (Å²) in [6.07, 6.45) is 7.57. The van der Waals surface area contributed by atoms with Crippen molar-refractivity contribution in [3.8, 4) is 0 Å². The summed E-state index contributed by atoms with van der Waals surface area (Å²) in [5.41, 5.74) is 0.159. The van der Waals surface area contributed by atoms with Gasteiger partial charge in [-0.25, -0.2) is 4.79 Å². The van der Waals surface area contributed by atoms with E-state index in [-0.39, 0.29) is 24.1 Å². The highest BCUT2D eigenvalue weighted by atomic mass is 16.5. The fraction of sp³-hybridized carbons (Fsp3) is 0.933. The Morgan fingerprint density at radius 1 is 1.35 bits per heavy atom. The molecule has 0 bridgehead atoms. The first kappa shape index (κ1) is 15.6. The molecule has 20 heavy (non-hydrogen) atoms. The molecule has 5 nitrogen and oxygen atoms in total. The molecule has 0 aromatic heterocycles. The van der Waals surface area contributed by atoms with Gasteiger partial charge in [0.05, 0.1) is 6.61 Å². The Morgan fingerprint density at radius 3 is 2.75 bits per heavy atom. The van der Waals surface area contributed by atoms with Crippen LogP contribution in [0.1, 0.15) is 44.9 Å². The first-order valence-electron chi connectivity index (χ1n) is 7.83. The lowest BCUT2D eigenvalue weighted by Crippen LogP contribution is -2.50. The Kier molecular flexibility index (Phi) is 5.66. The van der Waals surface area contributed by atoms with Crippen LogP contribution in [0.25, 0.3) is 0 Å². The molecule has 0 aromatic carbocycles. The zero-order valence-electron chi connectivity index (χ0n) is 12.5. The lowest BCUT2D eigenvalue weighted by Gasteiger charge is -2.41. The van der Waals surface area contributed by atoms with Gasteiger partial charge in [-0.2, -0.15) is 0 Å². The van der Waals surface area contributed by atoms with Crippen molar-refractivity contribution in [1.82, 2.24) is 10.6 Å². The van der Waals surface area contributed by atoms with Gasteiger partial charge in [-0.05, 0) is 38.0 Å². The maximum atomic E-state index is 12.0. The molecule has 2 saturated carbocycles. The SMILES string of the molecule is COCC1(CNC(=O)N[C@H]2CCC[C@H]2CCO)CCC1. The van der Waals surface area contributed by atoms with E-state index in [1.54, 1.807) is 7.11 Å². The fourth-order valence-corrected chi connectivity index (χ4v) is 3.58. The van der Waals surface area contributed by atoms with Gasteiger partial charge in [0, 0.05) is 31.7 Å². The van der Waals surface area contributed by atoms with Crippen LogP contribution in [-0.4, -0.2) is 44.0 Å². The van der Waals surface area contributed by atoms with Gasteiger partial charge >= 0.3 is 6.03 Å². The topological polar surface area (TPSA) is 70.6 Å².